The number of pyridine rings is 2. The Bertz CT molecular complexity index is 1250. The van der Waals surface area contributed by atoms with Crippen molar-refractivity contribution >= 4 is 22.1 Å². The summed E-state index contributed by atoms with van der Waals surface area (Å²) >= 11 is 0. The van der Waals surface area contributed by atoms with Gasteiger partial charge in [-0.05, 0) is 30.3 Å². The fourth-order valence-electron chi connectivity index (χ4n) is 3.08. The largest absolute Gasteiger partial charge is 0.507 e. The van der Waals surface area contributed by atoms with Crippen LogP contribution in [0.4, 0.5) is 0 Å². The molecule has 1 N–H and O–H groups in total. The molecule has 0 aliphatic carbocycles. The molecule has 3 heterocycles. The van der Waals surface area contributed by atoms with Gasteiger partial charge in [0.1, 0.15) is 11.3 Å². The summed E-state index contributed by atoms with van der Waals surface area (Å²) in [6, 6.07) is 23.9. The molecule has 0 bridgehead atoms. The predicted octanol–water partition coefficient (Wildman–Crippen LogP) is 5.21. The summed E-state index contributed by atoms with van der Waals surface area (Å²) in [4.78, 5) is 9.11. The van der Waals surface area contributed by atoms with Crippen molar-refractivity contribution in [3.05, 3.63) is 79.0 Å². The molecule has 0 atom stereocenters. The van der Waals surface area contributed by atoms with Crippen LogP contribution in [0.5, 0.6) is 5.75 Å². The normalized spacial score (nSPS) is 10.8. The minimum Gasteiger partial charge on any atom is -0.507 e. The monoisotopic (exact) mass is 395 g/mol. The van der Waals surface area contributed by atoms with Gasteiger partial charge in [0.15, 0.2) is 0 Å². The van der Waals surface area contributed by atoms with Gasteiger partial charge in [-0.3, -0.25) is 9.97 Å². The van der Waals surface area contributed by atoms with Crippen LogP contribution in [-0.2, 0) is 16.5 Å². The van der Waals surface area contributed by atoms with Crippen LogP contribution in [0.15, 0.2) is 77.3 Å². The van der Waals surface area contributed by atoms with Gasteiger partial charge in [-0.1, -0.05) is 41.3 Å². The summed E-state index contributed by atoms with van der Waals surface area (Å²) in [6.07, 6.45) is 1.76. The molecular formula is C22H13N2NiO2-. The van der Waals surface area contributed by atoms with Crippen molar-refractivity contribution in [1.82, 2.24) is 9.97 Å². The van der Waals surface area contributed by atoms with Crippen molar-refractivity contribution in [2.45, 2.75) is 0 Å². The first kappa shape index (κ1) is 17.3. The van der Waals surface area contributed by atoms with Crippen LogP contribution in [0.2, 0.25) is 0 Å². The van der Waals surface area contributed by atoms with Gasteiger partial charge in [0.2, 0.25) is 0 Å². The average molecular weight is 396 g/mol. The Labute approximate surface area is 165 Å². The number of aromatic nitrogens is 2. The van der Waals surface area contributed by atoms with Gasteiger partial charge in [-0.15, -0.1) is 12.1 Å². The van der Waals surface area contributed by atoms with Crippen molar-refractivity contribution < 1.29 is 26.0 Å². The second-order valence-corrected chi connectivity index (χ2v) is 5.99. The van der Waals surface area contributed by atoms with Crippen LogP contribution in [0.1, 0.15) is 0 Å². The van der Waals surface area contributed by atoms with E-state index >= 15 is 0 Å². The van der Waals surface area contributed by atoms with E-state index in [-0.39, 0.29) is 22.2 Å². The molecule has 2 aromatic carbocycles. The Morgan fingerprint density at radius 1 is 0.815 bits per heavy atom. The standard InChI is InChI=1S/C22H13N2O2.Ni/c25-19-7-2-1-5-15(19)18-9-11-21-22(24-18)16-13-14(8-10-20(16)26-21)17-6-3-4-12-23-17;/h1-12,25H;/q-1;. The summed E-state index contributed by atoms with van der Waals surface area (Å²) in [5.41, 5.74) is 5.24. The zero-order valence-electron chi connectivity index (χ0n) is 14.0. The van der Waals surface area contributed by atoms with Gasteiger partial charge in [-0.2, -0.15) is 0 Å². The molecule has 0 saturated carbocycles. The van der Waals surface area contributed by atoms with E-state index in [4.69, 9.17) is 9.40 Å². The van der Waals surface area contributed by atoms with Gasteiger partial charge in [0, 0.05) is 33.9 Å². The van der Waals surface area contributed by atoms with E-state index in [9.17, 15) is 5.11 Å². The molecular weight excluding hydrogens is 383 g/mol. The number of phenols is 1. The van der Waals surface area contributed by atoms with E-state index in [1.54, 1.807) is 18.3 Å². The van der Waals surface area contributed by atoms with Gasteiger partial charge in [0.25, 0.3) is 0 Å². The third-order valence-electron chi connectivity index (χ3n) is 4.34. The number of rotatable bonds is 2. The number of benzene rings is 2. The molecule has 5 rings (SSSR count). The third-order valence-corrected chi connectivity index (χ3v) is 4.34. The molecule has 0 aliphatic rings. The smallest absolute Gasteiger partial charge is 0.124 e. The number of furan rings is 1. The van der Waals surface area contributed by atoms with Crippen molar-refractivity contribution in [1.29, 1.82) is 0 Å². The first-order valence-electron chi connectivity index (χ1n) is 8.25. The van der Waals surface area contributed by atoms with Crippen LogP contribution in [-0.4, -0.2) is 15.1 Å². The first-order chi connectivity index (χ1) is 12.8. The summed E-state index contributed by atoms with van der Waals surface area (Å²) in [7, 11) is 0. The molecule has 0 radical (unpaired) electrons. The Hall–Kier alpha value is -3.17. The van der Waals surface area contributed by atoms with Crippen LogP contribution >= 0.6 is 0 Å². The number of hydrogen-bond donors (Lipinski definition) is 1. The second-order valence-electron chi connectivity index (χ2n) is 5.99. The Morgan fingerprint density at radius 2 is 1.63 bits per heavy atom. The second kappa shape index (κ2) is 6.86. The predicted molar refractivity (Wildman–Crippen MR) is 101 cm³/mol. The van der Waals surface area contributed by atoms with E-state index in [1.165, 1.54) is 0 Å². The van der Waals surface area contributed by atoms with Crippen molar-refractivity contribution in [3.63, 3.8) is 0 Å². The van der Waals surface area contributed by atoms with Crippen LogP contribution in [0.25, 0.3) is 44.6 Å². The molecule has 4 nitrogen and oxygen atoms in total. The molecule has 0 fully saturated rings. The number of para-hydroxylation sites is 1. The molecule has 27 heavy (non-hydrogen) atoms. The third kappa shape index (κ3) is 2.96. The molecule has 5 aromatic rings. The molecule has 0 aliphatic heterocycles. The molecule has 134 valence electrons. The Balaban J connectivity index is 0.00000180. The summed E-state index contributed by atoms with van der Waals surface area (Å²) in [5.74, 6) is 0.199. The number of phenolic OH excluding ortho intramolecular Hbond substituents is 1. The van der Waals surface area contributed by atoms with Gasteiger partial charge in [-0.25, -0.2) is 0 Å². The molecule has 3 aromatic heterocycles. The van der Waals surface area contributed by atoms with Crippen molar-refractivity contribution in [3.8, 4) is 28.3 Å². The summed E-state index contributed by atoms with van der Waals surface area (Å²) in [5, 5.41) is 10.9. The fraction of sp³-hybridized carbons (Fsp3) is 0. The molecule has 0 spiro atoms. The average Bonchev–Trinajstić information content (AvgIpc) is 3.06. The van der Waals surface area contributed by atoms with Gasteiger partial charge < -0.3 is 9.52 Å². The maximum Gasteiger partial charge on any atom is 0.124 e. The van der Waals surface area contributed by atoms with E-state index in [0.717, 1.165) is 27.7 Å². The zero-order chi connectivity index (χ0) is 17.5. The number of hydrogen-bond acceptors (Lipinski definition) is 4. The number of fused-ring (bicyclic) bond motifs is 3. The van der Waals surface area contributed by atoms with Crippen molar-refractivity contribution in [2.24, 2.45) is 0 Å². The zero-order valence-corrected chi connectivity index (χ0v) is 15.0. The molecule has 5 heteroatoms. The van der Waals surface area contributed by atoms with Crippen molar-refractivity contribution in [2.75, 3.05) is 0 Å². The molecule has 0 saturated heterocycles. The SMILES string of the molecule is Oc1ccccc1-c1ccc2oc3ccc(-c4ccccn4)[c-]c3c2n1.[Ni]. The van der Waals surface area contributed by atoms with E-state index < -0.39 is 0 Å². The minimum atomic E-state index is 0. The van der Waals surface area contributed by atoms with Gasteiger partial charge in [0.05, 0.1) is 16.8 Å². The fourth-order valence-corrected chi connectivity index (χ4v) is 3.08. The van der Waals surface area contributed by atoms with E-state index in [1.807, 2.05) is 54.6 Å². The summed E-state index contributed by atoms with van der Waals surface area (Å²) in [6.45, 7) is 0. The van der Waals surface area contributed by atoms with Crippen LogP contribution in [0.3, 0.4) is 0 Å². The summed E-state index contributed by atoms with van der Waals surface area (Å²) < 4.78 is 5.89. The van der Waals surface area contributed by atoms with E-state index in [0.29, 0.717) is 16.8 Å². The maximum absolute atomic E-state index is 10.1. The van der Waals surface area contributed by atoms with E-state index in [2.05, 4.69) is 11.1 Å². The quantitative estimate of drug-likeness (QED) is 0.329. The Morgan fingerprint density at radius 3 is 2.44 bits per heavy atom. The number of nitrogens with zero attached hydrogens (tertiary/aromatic N) is 2. The minimum absolute atomic E-state index is 0. The Kier molecular flexibility index (Phi) is 4.38. The van der Waals surface area contributed by atoms with Crippen LogP contribution in [0, 0.1) is 6.07 Å². The maximum atomic E-state index is 10.1. The number of aromatic hydroxyl groups is 1. The first-order valence-corrected chi connectivity index (χ1v) is 8.25. The molecule has 0 amide bonds. The topological polar surface area (TPSA) is 59.2 Å². The van der Waals surface area contributed by atoms with Crippen LogP contribution < -0.4 is 0 Å². The molecule has 0 unspecified atom stereocenters. The van der Waals surface area contributed by atoms with Gasteiger partial charge >= 0.3 is 0 Å².